The van der Waals surface area contributed by atoms with Gasteiger partial charge in [-0.15, -0.1) is 0 Å². The van der Waals surface area contributed by atoms with Crippen molar-refractivity contribution in [3.63, 3.8) is 0 Å². The lowest BCUT2D eigenvalue weighted by atomic mass is 10.1. The van der Waals surface area contributed by atoms with E-state index in [0.717, 1.165) is 54.0 Å². The average molecular weight is 362 g/mol. The van der Waals surface area contributed by atoms with Gasteiger partial charge in [0.05, 0.1) is 5.71 Å². The molecule has 1 saturated heterocycles. The van der Waals surface area contributed by atoms with Crippen LogP contribution in [0.2, 0.25) is 10.0 Å². The van der Waals surface area contributed by atoms with Crippen molar-refractivity contribution >= 4 is 28.9 Å². The van der Waals surface area contributed by atoms with Crippen molar-refractivity contribution in [3.8, 4) is 0 Å². The van der Waals surface area contributed by atoms with Gasteiger partial charge in [-0.3, -0.25) is 9.91 Å². The highest BCUT2D eigenvalue weighted by molar-refractivity contribution is 6.31. The van der Waals surface area contributed by atoms with Crippen molar-refractivity contribution in [2.24, 2.45) is 5.10 Å². The number of piperazine rings is 1. The van der Waals surface area contributed by atoms with Gasteiger partial charge in [-0.1, -0.05) is 53.5 Å². The molecule has 2 aromatic rings. The zero-order chi connectivity index (χ0) is 16.9. The maximum absolute atomic E-state index is 6.25. The summed E-state index contributed by atoms with van der Waals surface area (Å²) in [7, 11) is 0. The second-order valence-electron chi connectivity index (χ2n) is 6.01. The predicted octanol–water partition coefficient (Wildman–Crippen LogP) is 4.54. The van der Waals surface area contributed by atoms with E-state index in [9.17, 15) is 0 Å². The first-order valence-electron chi connectivity index (χ1n) is 8.13. The van der Waals surface area contributed by atoms with Crippen molar-refractivity contribution in [2.45, 2.75) is 13.5 Å². The third-order valence-electron chi connectivity index (χ3n) is 4.25. The van der Waals surface area contributed by atoms with E-state index in [4.69, 9.17) is 28.3 Å². The first kappa shape index (κ1) is 17.3. The van der Waals surface area contributed by atoms with Crippen LogP contribution in [0.25, 0.3) is 0 Å². The van der Waals surface area contributed by atoms with E-state index in [2.05, 4.69) is 16.0 Å². The minimum atomic E-state index is 0.750. The van der Waals surface area contributed by atoms with Crippen LogP contribution in [-0.4, -0.2) is 41.8 Å². The first-order chi connectivity index (χ1) is 11.6. The van der Waals surface area contributed by atoms with Gasteiger partial charge in [-0.25, -0.2) is 0 Å². The lowest BCUT2D eigenvalue weighted by Crippen LogP contribution is -2.43. The maximum Gasteiger partial charge on any atom is 0.0646 e. The molecule has 3 nitrogen and oxygen atoms in total. The van der Waals surface area contributed by atoms with Crippen LogP contribution in [0.4, 0.5) is 0 Å². The molecule has 24 heavy (non-hydrogen) atoms. The van der Waals surface area contributed by atoms with E-state index in [1.165, 1.54) is 5.56 Å². The lowest BCUT2D eigenvalue weighted by molar-refractivity contribution is 0.130. The molecule has 0 unspecified atom stereocenters. The molecule has 1 aliphatic heterocycles. The standard InChI is InChI=1S/C19H21Cl2N3/c1-15(16-6-8-18(20)9-7-16)22-24-12-10-23(11-13-24)14-17-4-2-3-5-19(17)21/h2-9H,10-14H2,1H3/b22-15-. The highest BCUT2D eigenvalue weighted by Gasteiger charge is 2.16. The molecular weight excluding hydrogens is 341 g/mol. The molecule has 0 spiro atoms. The average Bonchev–Trinajstić information content (AvgIpc) is 2.59. The number of nitrogens with zero attached hydrogens (tertiary/aromatic N) is 3. The van der Waals surface area contributed by atoms with Gasteiger partial charge in [-0.05, 0) is 36.2 Å². The summed E-state index contributed by atoms with van der Waals surface area (Å²) in [5.74, 6) is 0. The Kier molecular flexibility index (Phi) is 5.77. The largest absolute Gasteiger partial charge is 0.295 e. The Morgan fingerprint density at radius 2 is 1.62 bits per heavy atom. The van der Waals surface area contributed by atoms with Gasteiger partial charge in [0.25, 0.3) is 0 Å². The predicted molar refractivity (Wildman–Crippen MR) is 102 cm³/mol. The Morgan fingerprint density at radius 3 is 2.29 bits per heavy atom. The van der Waals surface area contributed by atoms with Gasteiger partial charge < -0.3 is 0 Å². The highest BCUT2D eigenvalue weighted by atomic mass is 35.5. The number of hydrogen-bond donors (Lipinski definition) is 0. The third kappa shape index (κ3) is 4.50. The van der Waals surface area contributed by atoms with Crippen LogP contribution < -0.4 is 0 Å². The summed E-state index contributed by atoms with van der Waals surface area (Å²) in [5.41, 5.74) is 3.32. The second kappa shape index (κ2) is 8.02. The molecule has 0 aliphatic carbocycles. The van der Waals surface area contributed by atoms with Crippen LogP contribution in [0.15, 0.2) is 53.6 Å². The van der Waals surface area contributed by atoms with Gasteiger partial charge in [0.15, 0.2) is 0 Å². The monoisotopic (exact) mass is 361 g/mol. The minimum Gasteiger partial charge on any atom is -0.295 e. The molecule has 1 heterocycles. The molecule has 2 aromatic carbocycles. The van der Waals surface area contributed by atoms with E-state index in [-0.39, 0.29) is 0 Å². The first-order valence-corrected chi connectivity index (χ1v) is 8.89. The van der Waals surface area contributed by atoms with Crippen LogP contribution in [0.3, 0.4) is 0 Å². The highest BCUT2D eigenvalue weighted by Crippen LogP contribution is 2.18. The molecule has 0 atom stereocenters. The van der Waals surface area contributed by atoms with Crippen LogP contribution in [-0.2, 0) is 6.54 Å². The van der Waals surface area contributed by atoms with E-state index in [1.807, 2.05) is 49.4 Å². The second-order valence-corrected chi connectivity index (χ2v) is 6.86. The van der Waals surface area contributed by atoms with Crippen LogP contribution in [0.5, 0.6) is 0 Å². The molecule has 0 aromatic heterocycles. The lowest BCUT2D eigenvalue weighted by Gasteiger charge is -2.33. The van der Waals surface area contributed by atoms with Crippen molar-refractivity contribution in [1.29, 1.82) is 0 Å². The molecule has 0 radical (unpaired) electrons. The molecule has 1 aliphatic rings. The third-order valence-corrected chi connectivity index (χ3v) is 4.87. The topological polar surface area (TPSA) is 18.8 Å². The van der Waals surface area contributed by atoms with Crippen molar-refractivity contribution in [2.75, 3.05) is 26.2 Å². The number of rotatable bonds is 4. The zero-order valence-electron chi connectivity index (χ0n) is 13.8. The fourth-order valence-corrected chi connectivity index (χ4v) is 3.15. The zero-order valence-corrected chi connectivity index (χ0v) is 15.3. The summed E-state index contributed by atoms with van der Waals surface area (Å²) in [4.78, 5) is 2.42. The fourth-order valence-electron chi connectivity index (χ4n) is 2.82. The number of hydrogen-bond acceptors (Lipinski definition) is 3. The molecule has 0 amide bonds. The van der Waals surface area contributed by atoms with Crippen molar-refractivity contribution in [3.05, 3.63) is 69.7 Å². The maximum atomic E-state index is 6.25. The van der Waals surface area contributed by atoms with Crippen LogP contribution >= 0.6 is 23.2 Å². The summed E-state index contributed by atoms with van der Waals surface area (Å²) in [6.45, 7) is 6.77. The Hall–Kier alpha value is -1.55. The summed E-state index contributed by atoms with van der Waals surface area (Å²) >= 11 is 12.2. The van der Waals surface area contributed by atoms with Crippen molar-refractivity contribution in [1.82, 2.24) is 9.91 Å². The van der Waals surface area contributed by atoms with Gasteiger partial charge in [-0.2, -0.15) is 5.10 Å². The van der Waals surface area contributed by atoms with Gasteiger partial charge >= 0.3 is 0 Å². The number of benzene rings is 2. The summed E-state index contributed by atoms with van der Waals surface area (Å²) in [5, 5.41) is 8.49. The van der Waals surface area contributed by atoms with Gasteiger partial charge in [0, 0.05) is 42.8 Å². The van der Waals surface area contributed by atoms with Crippen LogP contribution in [0.1, 0.15) is 18.1 Å². The Labute approximate surface area is 153 Å². The smallest absolute Gasteiger partial charge is 0.0646 e. The molecule has 0 bridgehead atoms. The molecule has 3 rings (SSSR count). The van der Waals surface area contributed by atoms with E-state index in [1.54, 1.807) is 0 Å². The van der Waals surface area contributed by atoms with E-state index < -0.39 is 0 Å². The number of hydrazone groups is 1. The molecular formula is C19H21Cl2N3. The Bertz CT molecular complexity index is 705. The minimum absolute atomic E-state index is 0.750. The van der Waals surface area contributed by atoms with Gasteiger partial charge in [0.2, 0.25) is 0 Å². The fraction of sp³-hybridized carbons (Fsp3) is 0.316. The summed E-state index contributed by atoms with van der Waals surface area (Å²) < 4.78 is 0. The molecule has 1 fully saturated rings. The van der Waals surface area contributed by atoms with E-state index >= 15 is 0 Å². The summed E-state index contributed by atoms with van der Waals surface area (Å²) in [6.07, 6.45) is 0. The number of halogens is 2. The van der Waals surface area contributed by atoms with Crippen LogP contribution in [0, 0.1) is 0 Å². The Balaban J connectivity index is 1.56. The molecule has 5 heteroatoms. The van der Waals surface area contributed by atoms with Gasteiger partial charge in [0.1, 0.15) is 0 Å². The molecule has 0 saturated carbocycles. The Morgan fingerprint density at radius 1 is 0.958 bits per heavy atom. The molecule has 0 N–H and O–H groups in total. The van der Waals surface area contributed by atoms with E-state index in [0.29, 0.717) is 0 Å². The molecule has 126 valence electrons. The summed E-state index contributed by atoms with van der Waals surface area (Å²) in [6, 6.07) is 15.9. The van der Waals surface area contributed by atoms with Crippen molar-refractivity contribution < 1.29 is 0 Å². The SMILES string of the molecule is C/C(=N/N1CCN(Cc2ccccc2Cl)CC1)c1ccc(Cl)cc1. The quantitative estimate of drug-likeness (QED) is 0.744. The normalized spacial score (nSPS) is 16.5.